The first-order valence-electron chi connectivity index (χ1n) is 3.45. The highest BCUT2D eigenvalue weighted by Gasteiger charge is 2.25. The molecule has 2 heterocycles. The van der Waals surface area contributed by atoms with E-state index in [0.29, 0.717) is 11.5 Å². The molecule has 6 heteroatoms. The summed E-state index contributed by atoms with van der Waals surface area (Å²) in [5.41, 5.74) is 0.442. The third kappa shape index (κ3) is 0.850. The van der Waals surface area contributed by atoms with Gasteiger partial charge in [-0.1, -0.05) is 0 Å². The summed E-state index contributed by atoms with van der Waals surface area (Å²) >= 11 is 0. The second kappa shape index (κ2) is 2.21. The van der Waals surface area contributed by atoms with Crippen molar-refractivity contribution in [1.82, 2.24) is 14.9 Å². The maximum Gasteiger partial charge on any atom is 0.322 e. The fraction of sp³-hybridized carbons (Fsp3) is 0.333. The molecule has 2 rings (SSSR count). The zero-order chi connectivity index (χ0) is 8.72. The summed E-state index contributed by atoms with van der Waals surface area (Å²) in [6.45, 7) is 0. The summed E-state index contributed by atoms with van der Waals surface area (Å²) in [5, 5.41) is 14.1. The molecule has 1 aliphatic heterocycles. The van der Waals surface area contributed by atoms with Gasteiger partial charge in [-0.25, -0.2) is 9.78 Å². The number of nitrogens with zero attached hydrogens (tertiary/aromatic N) is 2. The van der Waals surface area contributed by atoms with E-state index in [1.807, 2.05) is 0 Å². The van der Waals surface area contributed by atoms with Gasteiger partial charge in [-0.2, -0.15) is 0 Å². The van der Waals surface area contributed by atoms with Crippen LogP contribution in [0.25, 0.3) is 0 Å². The van der Waals surface area contributed by atoms with Crippen molar-refractivity contribution in [2.75, 3.05) is 5.32 Å². The van der Waals surface area contributed by atoms with Crippen LogP contribution < -0.4 is 10.6 Å². The molecule has 0 radical (unpaired) electrons. The quantitative estimate of drug-likeness (QED) is 0.490. The third-order valence-corrected chi connectivity index (χ3v) is 1.72. The predicted molar refractivity (Wildman–Crippen MR) is 40.3 cm³/mol. The van der Waals surface area contributed by atoms with E-state index < -0.39 is 12.3 Å². The van der Waals surface area contributed by atoms with E-state index in [-0.39, 0.29) is 0 Å². The Balaban J connectivity index is 2.49. The van der Waals surface area contributed by atoms with Crippen molar-refractivity contribution in [2.24, 2.45) is 7.05 Å². The van der Waals surface area contributed by atoms with Crippen molar-refractivity contribution in [2.45, 2.75) is 6.23 Å². The highest BCUT2D eigenvalue weighted by atomic mass is 16.3. The number of carbonyl (C=O) groups excluding carboxylic acids is 1. The minimum Gasteiger partial charge on any atom is -0.368 e. The molecule has 1 atom stereocenters. The number of aliphatic hydroxyl groups excluding tert-OH is 1. The molecule has 6 nitrogen and oxygen atoms in total. The fourth-order valence-electron chi connectivity index (χ4n) is 1.14. The van der Waals surface area contributed by atoms with Crippen LogP contribution in [0.2, 0.25) is 0 Å². The lowest BCUT2D eigenvalue weighted by Crippen LogP contribution is -2.38. The van der Waals surface area contributed by atoms with Gasteiger partial charge in [0.05, 0.1) is 6.33 Å². The van der Waals surface area contributed by atoms with Gasteiger partial charge in [-0.05, 0) is 0 Å². The number of imidazole rings is 1. The first-order chi connectivity index (χ1) is 5.68. The number of fused-ring (bicyclic) bond motifs is 1. The highest BCUT2D eigenvalue weighted by Crippen LogP contribution is 2.22. The van der Waals surface area contributed by atoms with Crippen molar-refractivity contribution >= 4 is 11.8 Å². The molecule has 1 aromatic heterocycles. The maximum absolute atomic E-state index is 10.9. The van der Waals surface area contributed by atoms with E-state index in [1.165, 1.54) is 6.33 Å². The number of aliphatic hydroxyl groups is 1. The Labute approximate surface area is 68.2 Å². The molecule has 64 valence electrons. The lowest BCUT2D eigenvalue weighted by molar-refractivity contribution is 0.140. The Bertz CT molecular complexity index is 332. The summed E-state index contributed by atoms with van der Waals surface area (Å²) in [7, 11) is 1.74. The highest BCUT2D eigenvalue weighted by molar-refractivity contribution is 5.91. The van der Waals surface area contributed by atoms with Crippen LogP contribution in [0.3, 0.4) is 0 Å². The number of nitrogens with one attached hydrogen (secondary N) is 2. The molecule has 0 saturated carbocycles. The molecule has 0 aromatic carbocycles. The van der Waals surface area contributed by atoms with Crippen LogP contribution in [0.1, 0.15) is 11.9 Å². The molecule has 1 unspecified atom stereocenters. The number of hydrogen-bond donors (Lipinski definition) is 3. The molecule has 0 aliphatic carbocycles. The van der Waals surface area contributed by atoms with E-state index >= 15 is 0 Å². The van der Waals surface area contributed by atoms with Gasteiger partial charge in [0.2, 0.25) is 0 Å². The lowest BCUT2D eigenvalue weighted by Gasteiger charge is -2.19. The second-order valence-electron chi connectivity index (χ2n) is 2.59. The molecule has 3 N–H and O–H groups in total. The van der Waals surface area contributed by atoms with E-state index in [2.05, 4.69) is 15.6 Å². The molecule has 2 amide bonds. The van der Waals surface area contributed by atoms with Crippen LogP contribution >= 0.6 is 0 Å². The van der Waals surface area contributed by atoms with Crippen molar-refractivity contribution in [3.8, 4) is 0 Å². The second-order valence-corrected chi connectivity index (χ2v) is 2.59. The topological polar surface area (TPSA) is 79.2 Å². The summed E-state index contributed by atoms with van der Waals surface area (Å²) in [6, 6.07) is -0.418. The predicted octanol–water partition coefficient (Wildman–Crippen LogP) is -0.454. The van der Waals surface area contributed by atoms with Gasteiger partial charge < -0.3 is 15.0 Å². The average molecular weight is 168 g/mol. The summed E-state index contributed by atoms with van der Waals surface area (Å²) < 4.78 is 1.64. The SMILES string of the molecule is Cn1cnc2c1NC(=O)NC2O. The van der Waals surface area contributed by atoms with Gasteiger partial charge in [-0.15, -0.1) is 0 Å². The van der Waals surface area contributed by atoms with Crippen LogP contribution in [0.5, 0.6) is 0 Å². The summed E-state index contributed by atoms with van der Waals surface area (Å²) in [4.78, 5) is 14.8. The minimum atomic E-state index is -1.00. The van der Waals surface area contributed by atoms with Crippen LogP contribution in [-0.4, -0.2) is 20.7 Å². The summed E-state index contributed by atoms with van der Waals surface area (Å²) in [6.07, 6.45) is 0.524. The largest absolute Gasteiger partial charge is 0.368 e. The smallest absolute Gasteiger partial charge is 0.322 e. The standard InChI is InChI=1S/C6H8N4O2/c1-10-2-7-3-4(10)8-6(12)9-5(3)11/h2,5,11H,1H3,(H2,8,9,12). The van der Waals surface area contributed by atoms with Crippen LogP contribution in [0, 0.1) is 0 Å². The Morgan fingerprint density at radius 1 is 1.75 bits per heavy atom. The van der Waals surface area contributed by atoms with Crippen molar-refractivity contribution < 1.29 is 9.90 Å². The number of amides is 2. The van der Waals surface area contributed by atoms with Gasteiger partial charge in [0.25, 0.3) is 0 Å². The van der Waals surface area contributed by atoms with Crippen LogP contribution in [0.4, 0.5) is 10.6 Å². The first-order valence-corrected chi connectivity index (χ1v) is 3.45. The number of aromatic nitrogens is 2. The van der Waals surface area contributed by atoms with E-state index in [0.717, 1.165) is 0 Å². The Kier molecular flexibility index (Phi) is 1.31. The number of anilines is 1. The van der Waals surface area contributed by atoms with Crippen LogP contribution in [0.15, 0.2) is 6.33 Å². The van der Waals surface area contributed by atoms with Crippen LogP contribution in [-0.2, 0) is 7.05 Å². The third-order valence-electron chi connectivity index (χ3n) is 1.72. The van der Waals surface area contributed by atoms with E-state index in [1.54, 1.807) is 11.6 Å². The first kappa shape index (κ1) is 7.11. The maximum atomic E-state index is 10.9. The Morgan fingerprint density at radius 3 is 3.25 bits per heavy atom. The fourth-order valence-corrected chi connectivity index (χ4v) is 1.14. The molecule has 0 fully saturated rings. The van der Waals surface area contributed by atoms with Crippen molar-refractivity contribution in [1.29, 1.82) is 0 Å². The number of carbonyl (C=O) groups is 1. The van der Waals surface area contributed by atoms with E-state index in [9.17, 15) is 9.90 Å². The Hall–Kier alpha value is -1.56. The minimum absolute atomic E-state index is 0.418. The molecule has 0 spiro atoms. The van der Waals surface area contributed by atoms with E-state index in [4.69, 9.17) is 0 Å². The van der Waals surface area contributed by atoms with Crippen molar-refractivity contribution in [3.63, 3.8) is 0 Å². The lowest BCUT2D eigenvalue weighted by atomic mass is 10.3. The van der Waals surface area contributed by atoms with Gasteiger partial charge in [0.1, 0.15) is 11.5 Å². The van der Waals surface area contributed by atoms with Crippen molar-refractivity contribution in [3.05, 3.63) is 12.0 Å². The molecule has 0 saturated heterocycles. The summed E-state index contributed by atoms with van der Waals surface area (Å²) in [5.74, 6) is 0.534. The van der Waals surface area contributed by atoms with Gasteiger partial charge in [-0.3, -0.25) is 5.32 Å². The number of rotatable bonds is 0. The normalized spacial score (nSPS) is 21.2. The molecule has 1 aliphatic rings. The monoisotopic (exact) mass is 168 g/mol. The van der Waals surface area contributed by atoms with Gasteiger partial charge in [0.15, 0.2) is 6.23 Å². The molecular formula is C6H8N4O2. The molecule has 0 bridgehead atoms. The van der Waals surface area contributed by atoms with Gasteiger partial charge in [0, 0.05) is 7.05 Å². The zero-order valence-electron chi connectivity index (χ0n) is 6.40. The van der Waals surface area contributed by atoms with Gasteiger partial charge >= 0.3 is 6.03 Å². The number of urea groups is 1. The molecule has 12 heavy (non-hydrogen) atoms. The molecular weight excluding hydrogens is 160 g/mol. The number of aryl methyl sites for hydroxylation is 1. The molecule has 1 aromatic rings. The Morgan fingerprint density at radius 2 is 2.50 bits per heavy atom. The zero-order valence-corrected chi connectivity index (χ0v) is 6.40. The average Bonchev–Trinajstić information content (AvgIpc) is 2.33. The number of hydrogen-bond acceptors (Lipinski definition) is 3.